The molecule has 0 aliphatic rings. The molecule has 4 N–H and O–H groups in total. The molecular formula is C2H12Cl2N2Pt. The summed E-state index contributed by atoms with van der Waals surface area (Å²) in [6, 6.07) is 0. The minimum Gasteiger partial charge on any atom is -0.693 e. The van der Waals surface area contributed by atoms with Gasteiger partial charge >= 0.3 is 35.3 Å². The van der Waals surface area contributed by atoms with E-state index in [-0.39, 0.29) is 27.2 Å². The topological polar surface area (TPSA) is 67.0 Å². The SMILES string of the molecule is C.C.[Cl][Pt+2][Cl].[NH2-].[NH2-]. The van der Waals surface area contributed by atoms with Crippen LogP contribution in [0.25, 0.3) is 12.3 Å². The van der Waals surface area contributed by atoms with E-state index in [2.05, 4.69) is 0 Å². The molecule has 0 unspecified atom stereocenters. The zero-order valence-electron chi connectivity index (χ0n) is 2.23. The van der Waals surface area contributed by atoms with Gasteiger partial charge in [-0.2, -0.15) is 0 Å². The summed E-state index contributed by atoms with van der Waals surface area (Å²) in [5.41, 5.74) is 0. The second-order valence-corrected chi connectivity index (χ2v) is 3.33. The standard InChI is InChI=1S/2CH4.2ClH.2H2N.Pt/h2*1H4;2*1H;2*1H2;/q;;;;2*-1;+4/p-2. The number of hydrogen-bond donors (Lipinski definition) is 0. The van der Waals surface area contributed by atoms with E-state index in [9.17, 15) is 0 Å². The van der Waals surface area contributed by atoms with Crippen LogP contribution >= 0.6 is 18.8 Å². The summed E-state index contributed by atoms with van der Waals surface area (Å²) in [7, 11) is 9.75. The Morgan fingerprint density at radius 1 is 0.857 bits per heavy atom. The van der Waals surface area contributed by atoms with Crippen molar-refractivity contribution in [2.45, 2.75) is 14.9 Å². The monoisotopic (exact) mass is 329 g/mol. The quantitative estimate of drug-likeness (QED) is 0.642. The van der Waals surface area contributed by atoms with Crippen LogP contribution in [0.4, 0.5) is 0 Å². The van der Waals surface area contributed by atoms with Crippen LogP contribution < -0.4 is 0 Å². The van der Waals surface area contributed by atoms with Gasteiger partial charge in [-0.25, -0.2) is 0 Å². The van der Waals surface area contributed by atoms with Crippen molar-refractivity contribution < 1.29 is 16.5 Å². The van der Waals surface area contributed by atoms with Crippen molar-refractivity contribution in [1.29, 1.82) is 0 Å². The van der Waals surface area contributed by atoms with Crippen molar-refractivity contribution in [2.24, 2.45) is 0 Å². The van der Waals surface area contributed by atoms with Gasteiger partial charge in [-0.1, -0.05) is 14.9 Å². The molecule has 0 rings (SSSR count). The van der Waals surface area contributed by atoms with Crippen LogP contribution in [-0.2, 0) is 16.5 Å². The van der Waals surface area contributed by atoms with Crippen molar-refractivity contribution in [2.75, 3.05) is 0 Å². The predicted molar refractivity (Wildman–Crippen MR) is 35.7 cm³/mol. The molecule has 0 saturated carbocycles. The van der Waals surface area contributed by atoms with Crippen LogP contribution in [0.15, 0.2) is 0 Å². The third-order valence-corrected chi connectivity index (χ3v) is 0. The first-order valence-corrected chi connectivity index (χ1v) is 5.87. The maximum absolute atomic E-state index is 4.88. The first kappa shape index (κ1) is 41.6. The normalized spacial score (nSPS) is 3.14. The van der Waals surface area contributed by atoms with Gasteiger partial charge in [-0.05, 0) is 0 Å². The van der Waals surface area contributed by atoms with E-state index in [0.29, 0.717) is 0 Å². The summed E-state index contributed by atoms with van der Waals surface area (Å²) in [6.45, 7) is 0. The largest absolute Gasteiger partial charge is 0.693 e. The second kappa shape index (κ2) is 57.5. The van der Waals surface area contributed by atoms with Crippen LogP contribution in [0.5, 0.6) is 0 Å². The van der Waals surface area contributed by atoms with Crippen molar-refractivity contribution in [3.05, 3.63) is 12.3 Å². The first-order chi connectivity index (χ1) is 1.41. The summed E-state index contributed by atoms with van der Waals surface area (Å²) in [6.07, 6.45) is 0. The van der Waals surface area contributed by atoms with Gasteiger partial charge in [0.15, 0.2) is 0 Å². The molecule has 0 heterocycles. The van der Waals surface area contributed by atoms with Gasteiger partial charge in [0.25, 0.3) is 0 Å². The van der Waals surface area contributed by atoms with Crippen LogP contribution in [0, 0.1) is 0 Å². The Kier molecular flexibility index (Phi) is 342. The average molecular weight is 330 g/mol. The van der Waals surface area contributed by atoms with Crippen LogP contribution in [0.3, 0.4) is 0 Å². The van der Waals surface area contributed by atoms with E-state index in [1.54, 1.807) is 0 Å². The maximum atomic E-state index is 4.88. The Balaban J connectivity index is -0.00000000333. The van der Waals surface area contributed by atoms with Gasteiger partial charge in [0, 0.05) is 0 Å². The van der Waals surface area contributed by atoms with Crippen molar-refractivity contribution in [1.82, 2.24) is 0 Å². The Morgan fingerprint density at radius 3 is 0.857 bits per heavy atom. The average Bonchev–Trinajstić information content (AvgIpc) is 0.918. The zero-order chi connectivity index (χ0) is 2.71. The van der Waals surface area contributed by atoms with E-state index in [1.165, 1.54) is 0 Å². The van der Waals surface area contributed by atoms with Gasteiger partial charge in [-0.3, -0.25) is 0 Å². The molecule has 2 nitrogen and oxygen atoms in total. The molecule has 0 aliphatic heterocycles. The van der Waals surface area contributed by atoms with Gasteiger partial charge in [0.2, 0.25) is 0 Å². The van der Waals surface area contributed by atoms with Crippen molar-refractivity contribution in [3.63, 3.8) is 0 Å². The Morgan fingerprint density at radius 2 is 0.857 bits per heavy atom. The molecule has 0 amide bonds. The number of halogens is 2. The Labute approximate surface area is 62.5 Å². The molecule has 0 spiro atoms. The van der Waals surface area contributed by atoms with E-state index in [4.69, 9.17) is 18.8 Å². The molecule has 0 fully saturated rings. The number of nitrogens with two attached hydrogens (primary N) is 2. The fraction of sp³-hybridized carbons (Fsp3) is 1.00. The minimum atomic E-state index is -0.472. The Bertz CT molecular complexity index is 13.7. The summed E-state index contributed by atoms with van der Waals surface area (Å²) >= 11 is -0.472. The van der Waals surface area contributed by atoms with E-state index >= 15 is 0 Å². The molecule has 0 aliphatic carbocycles. The van der Waals surface area contributed by atoms with E-state index < -0.39 is 16.5 Å². The molecule has 54 valence electrons. The molecule has 0 aromatic carbocycles. The number of rotatable bonds is 0. The van der Waals surface area contributed by atoms with Crippen LogP contribution in [-0.4, -0.2) is 0 Å². The second-order valence-electron chi connectivity index (χ2n) is 0.0452. The molecule has 5 heteroatoms. The molecule has 0 aromatic rings. The fourth-order valence-corrected chi connectivity index (χ4v) is 0. The maximum Gasteiger partial charge on any atom is -0.693 e. The van der Waals surface area contributed by atoms with Crippen molar-refractivity contribution >= 4 is 18.8 Å². The van der Waals surface area contributed by atoms with Crippen LogP contribution in [0.1, 0.15) is 14.9 Å². The van der Waals surface area contributed by atoms with E-state index in [1.807, 2.05) is 0 Å². The molecule has 0 aromatic heterocycles. The molecule has 0 radical (unpaired) electrons. The van der Waals surface area contributed by atoms with Crippen LogP contribution in [0.2, 0.25) is 0 Å². The molecule has 0 saturated heterocycles. The van der Waals surface area contributed by atoms with Gasteiger partial charge in [0.1, 0.15) is 0 Å². The van der Waals surface area contributed by atoms with Gasteiger partial charge < -0.3 is 12.3 Å². The first-order valence-electron chi connectivity index (χ1n) is 0.239. The minimum absolute atomic E-state index is 0. The van der Waals surface area contributed by atoms with E-state index in [0.717, 1.165) is 0 Å². The number of hydrogen-bond acceptors (Lipinski definition) is 0. The fourth-order valence-electron chi connectivity index (χ4n) is 0. The summed E-state index contributed by atoms with van der Waals surface area (Å²) < 4.78 is 0. The molecule has 0 atom stereocenters. The third kappa shape index (κ3) is 137. The molecule has 0 bridgehead atoms. The summed E-state index contributed by atoms with van der Waals surface area (Å²) in [5, 5.41) is 0. The zero-order valence-corrected chi connectivity index (χ0v) is 6.01. The molecule has 7 heavy (non-hydrogen) atoms. The predicted octanol–water partition coefficient (Wildman–Crippen LogP) is 4.08. The third-order valence-electron chi connectivity index (χ3n) is 0. The summed E-state index contributed by atoms with van der Waals surface area (Å²) in [5.74, 6) is 0. The van der Waals surface area contributed by atoms with Crippen molar-refractivity contribution in [3.8, 4) is 0 Å². The Hall–Kier alpha value is 1.19. The summed E-state index contributed by atoms with van der Waals surface area (Å²) in [4.78, 5) is 0. The van der Waals surface area contributed by atoms with Gasteiger partial charge in [-0.15, -0.1) is 0 Å². The smallest absolute Gasteiger partial charge is 0.693 e. The van der Waals surface area contributed by atoms with Gasteiger partial charge in [0.05, 0.1) is 0 Å². The molecular weight excluding hydrogens is 318 g/mol.